The van der Waals surface area contributed by atoms with E-state index in [4.69, 9.17) is 20.2 Å². The van der Waals surface area contributed by atoms with Crippen molar-refractivity contribution in [2.45, 2.75) is 39.5 Å². The lowest BCUT2D eigenvalue weighted by Gasteiger charge is -2.21. The summed E-state index contributed by atoms with van der Waals surface area (Å²) in [6.07, 6.45) is 6.01. The van der Waals surface area contributed by atoms with Crippen molar-refractivity contribution in [2.24, 2.45) is 11.7 Å². The van der Waals surface area contributed by atoms with Gasteiger partial charge in [0.05, 0.1) is 7.11 Å². The van der Waals surface area contributed by atoms with Crippen LogP contribution in [0, 0.1) is 11.9 Å². The van der Waals surface area contributed by atoms with Crippen molar-refractivity contribution in [3.8, 4) is 28.0 Å². The van der Waals surface area contributed by atoms with Gasteiger partial charge in [-0.15, -0.1) is 0 Å². The number of nitrogens with one attached hydrogen (secondary N) is 1. The molecule has 3 N–H and O–H groups in total. The van der Waals surface area contributed by atoms with Gasteiger partial charge in [0.25, 0.3) is 0 Å². The number of halogens is 1. The number of benzene rings is 1. The average Bonchev–Trinajstić information content (AvgIpc) is 3.35. The van der Waals surface area contributed by atoms with E-state index in [0.29, 0.717) is 33.6 Å². The summed E-state index contributed by atoms with van der Waals surface area (Å²) in [5.41, 5.74) is 9.83. The van der Waals surface area contributed by atoms with Crippen LogP contribution in [0.1, 0.15) is 33.4 Å². The Balaban J connectivity index is 1.82. The molecule has 0 fully saturated rings. The number of esters is 1. The number of amides is 1. The molecule has 4 aromatic rings. The molecule has 0 aliphatic rings. The van der Waals surface area contributed by atoms with Crippen molar-refractivity contribution < 1.29 is 23.5 Å². The van der Waals surface area contributed by atoms with Gasteiger partial charge in [-0.3, -0.25) is 14.2 Å². The number of anilines is 1. The molecule has 1 amide bonds. The van der Waals surface area contributed by atoms with E-state index in [2.05, 4.69) is 16.9 Å². The molecule has 0 radical (unpaired) electrons. The Morgan fingerprint density at radius 2 is 1.93 bits per heavy atom. The van der Waals surface area contributed by atoms with Crippen molar-refractivity contribution in [2.75, 3.05) is 12.4 Å². The number of aromatic nitrogens is 3. The van der Waals surface area contributed by atoms with E-state index in [1.807, 2.05) is 26.0 Å². The summed E-state index contributed by atoms with van der Waals surface area (Å²) in [6, 6.07) is 9.46. The number of carbonyl (C=O) groups is 2. The predicted octanol–water partition coefficient (Wildman–Crippen LogP) is 5.47. The van der Waals surface area contributed by atoms with Crippen molar-refractivity contribution in [1.29, 1.82) is 0 Å². The number of fused-ring (bicyclic) bond motifs is 1. The van der Waals surface area contributed by atoms with E-state index in [1.165, 1.54) is 25.4 Å². The highest BCUT2D eigenvalue weighted by Crippen LogP contribution is 2.36. The Labute approximate surface area is 231 Å². The molecule has 40 heavy (non-hydrogen) atoms. The van der Waals surface area contributed by atoms with Gasteiger partial charge in [-0.25, -0.2) is 9.97 Å². The van der Waals surface area contributed by atoms with E-state index in [-0.39, 0.29) is 11.8 Å². The molecule has 3 heterocycles. The zero-order valence-electron chi connectivity index (χ0n) is 22.8. The predicted molar refractivity (Wildman–Crippen MR) is 152 cm³/mol. The second-order valence-electron chi connectivity index (χ2n) is 9.50. The normalized spacial score (nSPS) is 13.3. The smallest absolute Gasteiger partial charge is 0.325 e. The summed E-state index contributed by atoms with van der Waals surface area (Å²) in [7, 11) is 1.53. The molecule has 3 aromatic heterocycles. The first kappa shape index (κ1) is 28.4. The number of nitrogens with two attached hydrogens (primary N) is 1. The van der Waals surface area contributed by atoms with E-state index in [1.54, 1.807) is 42.1 Å². The Morgan fingerprint density at radius 1 is 1.15 bits per heavy atom. The fourth-order valence-corrected chi connectivity index (χ4v) is 4.31. The van der Waals surface area contributed by atoms with E-state index < -0.39 is 24.2 Å². The second-order valence-corrected chi connectivity index (χ2v) is 9.50. The molecule has 3 unspecified atom stereocenters. The van der Waals surface area contributed by atoms with Crippen molar-refractivity contribution in [3.63, 3.8) is 0 Å². The fourth-order valence-electron chi connectivity index (χ4n) is 4.31. The molecule has 0 bridgehead atoms. The lowest BCUT2D eigenvalue weighted by atomic mass is 10.0. The molecular weight excluding hydrogens is 513 g/mol. The van der Waals surface area contributed by atoms with E-state index >= 15 is 0 Å². The van der Waals surface area contributed by atoms with Gasteiger partial charge in [0, 0.05) is 52.9 Å². The largest absolute Gasteiger partial charge is 0.497 e. The maximum atomic E-state index is 14.1. The number of nitrogens with zero attached hydrogens (tertiary/aromatic N) is 3. The van der Waals surface area contributed by atoms with Crippen LogP contribution in [0.3, 0.4) is 0 Å². The standard InChI is InChI=1S/C30H32FN5O4/c1-6-17(3)28(32)30(38)40-18(4)36-16-25(19-8-9-33-26(31)13-19)24-12-21(15-34-29(24)36)20-10-22(35-27(37)7-2)14-23(11-20)39-5/h7-18,28H,2,6,32H2,1,3-5H3,(H,35,37). The van der Waals surface area contributed by atoms with E-state index in [9.17, 15) is 14.0 Å². The summed E-state index contributed by atoms with van der Waals surface area (Å²) in [4.78, 5) is 33.0. The zero-order chi connectivity index (χ0) is 29.0. The molecule has 4 rings (SSSR count). The third-order valence-electron chi connectivity index (χ3n) is 6.84. The minimum Gasteiger partial charge on any atom is -0.497 e. The summed E-state index contributed by atoms with van der Waals surface area (Å²) < 4.78 is 27.0. The molecule has 208 valence electrons. The average molecular weight is 546 g/mol. The number of carbonyl (C=O) groups excluding carboxylic acids is 2. The topological polar surface area (TPSA) is 121 Å². The summed E-state index contributed by atoms with van der Waals surface area (Å²) in [5.74, 6) is -1.01. The Morgan fingerprint density at radius 3 is 2.60 bits per heavy atom. The van der Waals surface area contributed by atoms with Gasteiger partial charge >= 0.3 is 5.97 Å². The Bertz CT molecular complexity index is 1570. The monoisotopic (exact) mass is 545 g/mol. The molecule has 0 spiro atoms. The van der Waals surface area contributed by atoms with Gasteiger partial charge in [0.2, 0.25) is 11.9 Å². The van der Waals surface area contributed by atoms with Crippen molar-refractivity contribution in [1.82, 2.24) is 14.5 Å². The Hall–Kier alpha value is -4.57. The number of ether oxygens (including phenoxy) is 2. The highest BCUT2D eigenvalue weighted by molar-refractivity contribution is 6.00. The molecule has 1 aromatic carbocycles. The van der Waals surface area contributed by atoms with Crippen molar-refractivity contribution >= 4 is 28.6 Å². The first-order valence-electron chi connectivity index (χ1n) is 12.9. The summed E-state index contributed by atoms with van der Waals surface area (Å²) in [6.45, 7) is 9.07. The lowest BCUT2D eigenvalue weighted by molar-refractivity contribution is -0.155. The van der Waals surface area contributed by atoms with Crippen LogP contribution in [0.5, 0.6) is 5.75 Å². The maximum Gasteiger partial charge on any atom is 0.325 e. The van der Waals surface area contributed by atoms with Crippen LogP contribution in [0.2, 0.25) is 0 Å². The zero-order valence-corrected chi connectivity index (χ0v) is 22.8. The van der Waals surface area contributed by atoms with Crippen LogP contribution in [0.4, 0.5) is 10.1 Å². The van der Waals surface area contributed by atoms with Crippen LogP contribution in [0.25, 0.3) is 33.3 Å². The molecule has 0 aliphatic heterocycles. The molecule has 0 aliphatic carbocycles. The minimum absolute atomic E-state index is 0.0406. The molecule has 0 saturated heterocycles. The quantitative estimate of drug-likeness (QED) is 0.154. The van der Waals surface area contributed by atoms with Crippen LogP contribution in [-0.2, 0) is 14.3 Å². The third kappa shape index (κ3) is 6.02. The highest BCUT2D eigenvalue weighted by atomic mass is 19.1. The molecular formula is C30H32FN5O4. The first-order valence-corrected chi connectivity index (χ1v) is 12.9. The number of pyridine rings is 2. The molecule has 9 nitrogen and oxygen atoms in total. The van der Waals surface area contributed by atoms with Crippen molar-refractivity contribution in [3.05, 3.63) is 73.6 Å². The summed E-state index contributed by atoms with van der Waals surface area (Å²) in [5, 5.41) is 3.44. The van der Waals surface area contributed by atoms with Crippen LogP contribution < -0.4 is 15.8 Å². The molecule has 0 saturated carbocycles. The molecule has 3 atom stereocenters. The van der Waals surface area contributed by atoms with E-state index in [0.717, 1.165) is 17.5 Å². The third-order valence-corrected chi connectivity index (χ3v) is 6.84. The first-order chi connectivity index (χ1) is 19.1. The van der Waals surface area contributed by atoms with Crippen LogP contribution in [0.15, 0.2) is 67.6 Å². The van der Waals surface area contributed by atoms with Crippen LogP contribution >= 0.6 is 0 Å². The van der Waals surface area contributed by atoms with Gasteiger partial charge in [-0.05, 0) is 54.3 Å². The maximum absolute atomic E-state index is 14.1. The van der Waals surface area contributed by atoms with Gasteiger partial charge in [-0.1, -0.05) is 26.8 Å². The number of methoxy groups -OCH3 is 1. The van der Waals surface area contributed by atoms with Crippen LogP contribution in [-0.4, -0.2) is 39.6 Å². The number of hydrogen-bond donors (Lipinski definition) is 2. The minimum atomic E-state index is -0.758. The fraction of sp³-hybridized carbons (Fsp3) is 0.267. The second kappa shape index (κ2) is 12.1. The van der Waals surface area contributed by atoms with Gasteiger partial charge in [0.15, 0.2) is 6.23 Å². The number of rotatable bonds is 10. The highest BCUT2D eigenvalue weighted by Gasteiger charge is 2.25. The SMILES string of the molecule is C=CC(=O)Nc1cc(OC)cc(-c2cnc3c(c2)c(-c2ccnc(F)c2)cn3C(C)OC(=O)C(N)C(C)CC)c1. The summed E-state index contributed by atoms with van der Waals surface area (Å²) >= 11 is 0. The number of hydrogen-bond acceptors (Lipinski definition) is 7. The lowest BCUT2D eigenvalue weighted by Crippen LogP contribution is -2.38. The Kier molecular flexibility index (Phi) is 8.59. The van der Waals surface area contributed by atoms with Gasteiger partial charge < -0.3 is 20.5 Å². The van der Waals surface area contributed by atoms with Gasteiger partial charge in [-0.2, -0.15) is 4.39 Å². The van der Waals surface area contributed by atoms with Gasteiger partial charge in [0.1, 0.15) is 17.4 Å². The molecule has 10 heteroatoms.